The first kappa shape index (κ1) is 24.6. The molecule has 2 fully saturated rings. The minimum Gasteiger partial charge on any atom is -0.341 e. The molecule has 0 bridgehead atoms. The van der Waals surface area contributed by atoms with Crippen molar-refractivity contribution in [2.45, 2.75) is 51.5 Å². The van der Waals surface area contributed by atoms with Gasteiger partial charge in [0.05, 0.1) is 6.20 Å². The largest absolute Gasteiger partial charge is 0.341 e. The topological polar surface area (TPSA) is 138 Å². The molecule has 0 spiro atoms. The van der Waals surface area contributed by atoms with Crippen LogP contribution in [0, 0.1) is 5.92 Å². The monoisotopic (exact) mass is 517 g/mol. The van der Waals surface area contributed by atoms with Crippen molar-refractivity contribution in [1.29, 1.82) is 0 Å². The first-order valence-corrected chi connectivity index (χ1v) is 13.6. The fourth-order valence-electron chi connectivity index (χ4n) is 5.52. The zero-order chi connectivity index (χ0) is 25.7. The fourth-order valence-corrected chi connectivity index (χ4v) is 5.52. The average molecular weight is 518 g/mol. The molecule has 0 radical (unpaired) electrons. The van der Waals surface area contributed by atoms with Crippen LogP contribution in [0.15, 0.2) is 40.4 Å². The molecule has 38 heavy (non-hydrogen) atoms. The van der Waals surface area contributed by atoms with Crippen LogP contribution in [0.3, 0.4) is 0 Å². The number of rotatable bonds is 7. The van der Waals surface area contributed by atoms with Gasteiger partial charge in [-0.2, -0.15) is 10.1 Å². The van der Waals surface area contributed by atoms with Crippen LogP contribution in [0.1, 0.15) is 50.5 Å². The second-order valence-corrected chi connectivity index (χ2v) is 10.4. The van der Waals surface area contributed by atoms with E-state index < -0.39 is 0 Å². The van der Waals surface area contributed by atoms with Crippen molar-refractivity contribution in [2.75, 3.05) is 36.4 Å². The van der Waals surface area contributed by atoms with Crippen molar-refractivity contribution >= 4 is 34.2 Å². The Morgan fingerprint density at radius 3 is 2.50 bits per heavy atom. The van der Waals surface area contributed by atoms with Crippen LogP contribution in [0.25, 0.3) is 10.9 Å². The predicted octanol–water partition coefficient (Wildman–Crippen LogP) is 2.37. The highest BCUT2D eigenvalue weighted by atomic mass is 16.1. The van der Waals surface area contributed by atoms with Crippen molar-refractivity contribution in [2.24, 2.45) is 11.0 Å². The lowest BCUT2D eigenvalue weighted by atomic mass is 9.93. The van der Waals surface area contributed by atoms with Crippen molar-refractivity contribution in [3.63, 3.8) is 0 Å². The number of aromatic nitrogens is 4. The molecule has 0 atom stereocenters. The number of piperidine rings is 1. The maximum Gasteiger partial charge on any atom is 0.277 e. The summed E-state index contributed by atoms with van der Waals surface area (Å²) < 4.78 is 0. The lowest BCUT2D eigenvalue weighted by Crippen LogP contribution is -2.38. The molecule has 6 rings (SSSR count). The van der Waals surface area contributed by atoms with E-state index in [1.807, 2.05) is 0 Å². The highest BCUT2D eigenvalue weighted by molar-refractivity contribution is 5.90. The molecule has 12 heteroatoms. The van der Waals surface area contributed by atoms with Gasteiger partial charge in [-0.25, -0.2) is 15.6 Å². The smallest absolute Gasteiger partial charge is 0.277 e. The number of fused-ring (bicyclic) bond motifs is 1. The normalized spacial score (nSPS) is 19.1. The van der Waals surface area contributed by atoms with Gasteiger partial charge in [0.25, 0.3) is 5.56 Å². The molecule has 0 saturated carbocycles. The molecular formula is C26H35N11O. The van der Waals surface area contributed by atoms with Crippen molar-refractivity contribution in [3.05, 3.63) is 46.4 Å². The van der Waals surface area contributed by atoms with Crippen LogP contribution in [0.4, 0.5) is 17.5 Å². The Balaban J connectivity index is 1.13. The minimum absolute atomic E-state index is 0.296. The van der Waals surface area contributed by atoms with E-state index in [1.165, 1.54) is 31.2 Å². The van der Waals surface area contributed by atoms with Gasteiger partial charge in [0.2, 0.25) is 5.95 Å². The van der Waals surface area contributed by atoms with Crippen LogP contribution in [0.2, 0.25) is 0 Å². The molecule has 3 aliphatic heterocycles. The quantitative estimate of drug-likeness (QED) is 0.317. The number of anilines is 3. The van der Waals surface area contributed by atoms with Crippen LogP contribution in [0.5, 0.6) is 0 Å². The van der Waals surface area contributed by atoms with E-state index >= 15 is 0 Å². The molecule has 0 unspecified atom stereocenters. The number of nitrogens with one attached hydrogen (secondary N) is 5. The molecular weight excluding hydrogens is 482 g/mol. The maximum atomic E-state index is 12.7. The summed E-state index contributed by atoms with van der Waals surface area (Å²) >= 11 is 0. The summed E-state index contributed by atoms with van der Waals surface area (Å²) in [4.78, 5) is 26.9. The number of hydrazone groups is 1. The summed E-state index contributed by atoms with van der Waals surface area (Å²) in [6.07, 6.45) is 9.62. The minimum atomic E-state index is -0.296. The van der Waals surface area contributed by atoms with E-state index in [1.54, 1.807) is 6.20 Å². The summed E-state index contributed by atoms with van der Waals surface area (Å²) in [5.41, 5.74) is 11.0. The summed E-state index contributed by atoms with van der Waals surface area (Å²) in [5.74, 6) is 2.81. The SMILES string of the molecule is O=c1[nH]ncc2nc(N3CCCCCC3)nc(Nc3ccc(CN4CCC(CC5=NNNN5)CC4)cc3)c12. The summed E-state index contributed by atoms with van der Waals surface area (Å²) in [7, 11) is 0. The molecule has 3 aromatic rings. The van der Waals surface area contributed by atoms with Crippen molar-refractivity contribution in [1.82, 2.24) is 41.6 Å². The highest BCUT2D eigenvalue weighted by Crippen LogP contribution is 2.26. The van der Waals surface area contributed by atoms with Gasteiger partial charge in [-0.05, 0) is 62.4 Å². The Morgan fingerprint density at radius 2 is 1.76 bits per heavy atom. The summed E-state index contributed by atoms with van der Waals surface area (Å²) in [6.45, 7) is 4.95. The third-order valence-electron chi connectivity index (χ3n) is 7.66. The van der Waals surface area contributed by atoms with Gasteiger partial charge < -0.3 is 10.2 Å². The Kier molecular flexibility index (Phi) is 7.31. The van der Waals surface area contributed by atoms with Crippen LogP contribution >= 0.6 is 0 Å². The Morgan fingerprint density at radius 1 is 0.974 bits per heavy atom. The number of benzene rings is 1. The number of amidine groups is 1. The van der Waals surface area contributed by atoms with Crippen molar-refractivity contribution in [3.8, 4) is 0 Å². The third-order valence-corrected chi connectivity index (χ3v) is 7.66. The van der Waals surface area contributed by atoms with Crippen LogP contribution in [-0.2, 0) is 6.54 Å². The summed E-state index contributed by atoms with van der Waals surface area (Å²) in [6, 6.07) is 8.41. The lowest BCUT2D eigenvalue weighted by molar-refractivity contribution is 0.180. The second kappa shape index (κ2) is 11.3. The van der Waals surface area contributed by atoms with Crippen LogP contribution in [-0.4, -0.2) is 57.1 Å². The Labute approximate surface area is 221 Å². The molecule has 5 heterocycles. The first-order valence-electron chi connectivity index (χ1n) is 13.6. The van der Waals surface area contributed by atoms with E-state index in [0.29, 0.717) is 28.6 Å². The Hall–Kier alpha value is -3.77. The maximum absolute atomic E-state index is 12.7. The molecule has 1 aromatic carbocycles. The molecule has 0 amide bonds. The lowest BCUT2D eigenvalue weighted by Gasteiger charge is -2.31. The zero-order valence-corrected chi connectivity index (χ0v) is 21.5. The molecule has 2 aromatic heterocycles. The van der Waals surface area contributed by atoms with Gasteiger partial charge in [0.15, 0.2) is 0 Å². The molecule has 3 aliphatic rings. The molecule has 200 valence electrons. The van der Waals surface area contributed by atoms with Gasteiger partial charge in [-0.1, -0.05) is 25.0 Å². The van der Waals surface area contributed by atoms with E-state index in [4.69, 9.17) is 4.98 Å². The van der Waals surface area contributed by atoms with Gasteiger partial charge in [-0.15, -0.1) is 10.6 Å². The number of hydrogen-bond acceptors (Lipinski definition) is 11. The molecule has 5 N–H and O–H groups in total. The third kappa shape index (κ3) is 5.70. The van der Waals surface area contributed by atoms with E-state index in [-0.39, 0.29) is 5.56 Å². The molecule has 0 aliphatic carbocycles. The predicted molar refractivity (Wildman–Crippen MR) is 148 cm³/mol. The van der Waals surface area contributed by atoms with E-state index in [9.17, 15) is 4.79 Å². The van der Waals surface area contributed by atoms with Gasteiger partial charge in [0, 0.05) is 31.7 Å². The first-order chi connectivity index (χ1) is 18.7. The summed E-state index contributed by atoms with van der Waals surface area (Å²) in [5, 5.41) is 14.5. The van der Waals surface area contributed by atoms with E-state index in [0.717, 1.165) is 63.5 Å². The van der Waals surface area contributed by atoms with Crippen LogP contribution < -0.4 is 32.3 Å². The number of H-pyrrole nitrogens is 1. The molecule has 12 nitrogen and oxygen atoms in total. The number of aromatic amines is 1. The fraction of sp³-hybridized carbons (Fsp3) is 0.500. The number of hydrazine groups is 2. The second-order valence-electron chi connectivity index (χ2n) is 10.4. The van der Waals surface area contributed by atoms with Gasteiger partial charge in [-0.3, -0.25) is 15.1 Å². The number of hydrogen-bond donors (Lipinski definition) is 5. The van der Waals surface area contributed by atoms with Gasteiger partial charge >= 0.3 is 0 Å². The molecule has 2 saturated heterocycles. The zero-order valence-electron chi connectivity index (χ0n) is 21.5. The Bertz CT molecular complexity index is 1320. The van der Waals surface area contributed by atoms with E-state index in [2.05, 4.69) is 76.2 Å². The standard InChI is InChI=1S/C26H35N11O/c38-25-23-21(16-27-33-25)29-26(37-11-3-1-2-4-12-37)30-24(23)28-20-7-5-19(6-8-20)17-36-13-9-18(10-14-36)15-22-31-34-35-32-22/h5-8,16,18,34-35H,1-4,9-15,17H2,(H,31,32)(H,33,38)(H,28,29,30). The van der Waals surface area contributed by atoms with Gasteiger partial charge in [0.1, 0.15) is 22.6 Å². The van der Waals surface area contributed by atoms with Crippen molar-refractivity contribution < 1.29 is 0 Å². The number of nitrogens with zero attached hydrogens (tertiary/aromatic N) is 6. The highest BCUT2D eigenvalue weighted by Gasteiger charge is 2.22. The number of likely N-dealkylation sites (tertiary alicyclic amines) is 1. The average Bonchev–Trinajstić information content (AvgIpc) is 3.29.